The molecule has 3 aromatic rings. The average molecular weight is 295 g/mol. The van der Waals surface area contributed by atoms with Gasteiger partial charge in [0, 0.05) is 18.1 Å². The van der Waals surface area contributed by atoms with Crippen molar-refractivity contribution in [1.82, 2.24) is 4.57 Å². The van der Waals surface area contributed by atoms with Crippen LogP contribution in [0.2, 0.25) is 0 Å². The van der Waals surface area contributed by atoms with Crippen LogP contribution in [0.25, 0.3) is 16.8 Å². The van der Waals surface area contributed by atoms with Crippen LogP contribution >= 0.6 is 0 Å². The average Bonchev–Trinajstić information content (AvgIpc) is 2.96. The van der Waals surface area contributed by atoms with E-state index in [9.17, 15) is 9.18 Å². The standard InChI is InChI=1S/C18H14FNO2/c1-12-8-16(19)10-17(9-12)20-7-6-15(11-20)13-2-4-14(5-3-13)18(21)22/h2-11H,1H3,(H,21,22). The van der Waals surface area contributed by atoms with E-state index in [0.717, 1.165) is 22.4 Å². The van der Waals surface area contributed by atoms with Gasteiger partial charge >= 0.3 is 5.97 Å². The molecule has 1 N–H and O–H groups in total. The van der Waals surface area contributed by atoms with Crippen molar-refractivity contribution < 1.29 is 14.3 Å². The van der Waals surface area contributed by atoms with E-state index in [1.165, 1.54) is 12.1 Å². The van der Waals surface area contributed by atoms with Crippen molar-refractivity contribution in [2.45, 2.75) is 6.92 Å². The summed E-state index contributed by atoms with van der Waals surface area (Å²) in [5, 5.41) is 8.91. The summed E-state index contributed by atoms with van der Waals surface area (Å²) < 4.78 is 15.3. The first-order chi connectivity index (χ1) is 10.5. The Balaban J connectivity index is 1.94. The Hall–Kier alpha value is -2.88. The van der Waals surface area contributed by atoms with Crippen molar-refractivity contribution >= 4 is 5.97 Å². The van der Waals surface area contributed by atoms with Crippen LogP contribution in [0.3, 0.4) is 0 Å². The Kier molecular flexibility index (Phi) is 3.51. The van der Waals surface area contributed by atoms with E-state index in [4.69, 9.17) is 5.11 Å². The molecule has 0 aliphatic rings. The van der Waals surface area contributed by atoms with E-state index in [1.807, 2.05) is 36.0 Å². The summed E-state index contributed by atoms with van der Waals surface area (Å²) in [4.78, 5) is 10.9. The first kappa shape index (κ1) is 14.1. The van der Waals surface area contributed by atoms with Crippen LogP contribution in [0.1, 0.15) is 15.9 Å². The number of carboxylic acid groups (broad SMARTS) is 1. The lowest BCUT2D eigenvalue weighted by Crippen LogP contribution is -1.94. The SMILES string of the molecule is Cc1cc(F)cc(-n2ccc(-c3ccc(C(=O)O)cc3)c2)c1. The Bertz CT molecular complexity index is 814. The van der Waals surface area contributed by atoms with Gasteiger partial charge < -0.3 is 9.67 Å². The maximum Gasteiger partial charge on any atom is 0.335 e. The van der Waals surface area contributed by atoms with Crippen LogP contribution < -0.4 is 0 Å². The van der Waals surface area contributed by atoms with E-state index in [0.29, 0.717) is 0 Å². The molecule has 0 bridgehead atoms. The molecule has 1 heterocycles. The van der Waals surface area contributed by atoms with E-state index in [1.54, 1.807) is 24.3 Å². The quantitative estimate of drug-likeness (QED) is 0.783. The predicted octanol–water partition coefficient (Wildman–Crippen LogP) is 4.29. The molecule has 3 nitrogen and oxygen atoms in total. The van der Waals surface area contributed by atoms with Gasteiger partial charge in [-0.25, -0.2) is 9.18 Å². The van der Waals surface area contributed by atoms with Gasteiger partial charge in [-0.05, 0) is 60.0 Å². The topological polar surface area (TPSA) is 42.2 Å². The molecule has 0 spiro atoms. The second-order valence-electron chi connectivity index (χ2n) is 5.18. The van der Waals surface area contributed by atoms with E-state index >= 15 is 0 Å². The molecule has 4 heteroatoms. The molecule has 1 aromatic heterocycles. The minimum Gasteiger partial charge on any atom is -0.478 e. The summed E-state index contributed by atoms with van der Waals surface area (Å²) in [6, 6.07) is 13.4. The van der Waals surface area contributed by atoms with Crippen molar-refractivity contribution in [3.63, 3.8) is 0 Å². The number of rotatable bonds is 3. The minimum absolute atomic E-state index is 0.254. The molecule has 110 valence electrons. The number of aromatic carboxylic acids is 1. The van der Waals surface area contributed by atoms with Crippen LogP contribution in [-0.2, 0) is 0 Å². The summed E-state index contributed by atoms with van der Waals surface area (Å²) in [7, 11) is 0. The van der Waals surface area contributed by atoms with Gasteiger partial charge in [0.1, 0.15) is 5.82 Å². The Morgan fingerprint density at radius 1 is 1.05 bits per heavy atom. The first-order valence-electron chi connectivity index (χ1n) is 6.82. The largest absolute Gasteiger partial charge is 0.478 e. The fourth-order valence-electron chi connectivity index (χ4n) is 2.40. The zero-order valence-electron chi connectivity index (χ0n) is 12.0. The fraction of sp³-hybridized carbons (Fsp3) is 0.0556. The highest BCUT2D eigenvalue weighted by atomic mass is 19.1. The molecule has 3 rings (SSSR count). The number of halogens is 1. The molecule has 0 aliphatic heterocycles. The summed E-state index contributed by atoms with van der Waals surface area (Å²) in [5.74, 6) is -1.21. The lowest BCUT2D eigenvalue weighted by atomic mass is 10.1. The summed E-state index contributed by atoms with van der Waals surface area (Å²) >= 11 is 0. The van der Waals surface area contributed by atoms with Crippen LogP contribution in [0.4, 0.5) is 4.39 Å². The number of carboxylic acids is 1. The molecule has 0 saturated carbocycles. The number of hydrogen-bond donors (Lipinski definition) is 1. The molecule has 0 amide bonds. The fourth-order valence-corrected chi connectivity index (χ4v) is 2.40. The summed E-state index contributed by atoms with van der Waals surface area (Å²) in [6.45, 7) is 1.85. The van der Waals surface area contributed by atoms with E-state index in [2.05, 4.69) is 0 Å². The van der Waals surface area contributed by atoms with Crippen LogP contribution in [0.5, 0.6) is 0 Å². The first-order valence-corrected chi connectivity index (χ1v) is 6.82. The van der Waals surface area contributed by atoms with Crippen molar-refractivity contribution in [3.05, 3.63) is 77.9 Å². The molecule has 0 radical (unpaired) electrons. The van der Waals surface area contributed by atoms with E-state index < -0.39 is 5.97 Å². The molecule has 0 unspecified atom stereocenters. The Labute approximate surface area is 127 Å². The van der Waals surface area contributed by atoms with Gasteiger partial charge in [0.2, 0.25) is 0 Å². The molecule has 0 atom stereocenters. The number of hydrogen-bond acceptors (Lipinski definition) is 1. The number of carbonyl (C=O) groups is 1. The monoisotopic (exact) mass is 295 g/mol. The van der Waals surface area contributed by atoms with Gasteiger partial charge in [0.05, 0.1) is 5.56 Å². The number of benzene rings is 2. The van der Waals surface area contributed by atoms with Crippen LogP contribution in [-0.4, -0.2) is 15.6 Å². The van der Waals surface area contributed by atoms with Gasteiger partial charge in [-0.2, -0.15) is 0 Å². The summed E-state index contributed by atoms with van der Waals surface area (Å²) in [5.41, 5.74) is 3.72. The molecule has 22 heavy (non-hydrogen) atoms. The number of aromatic nitrogens is 1. The maximum absolute atomic E-state index is 13.5. The third kappa shape index (κ3) is 2.76. The normalized spacial score (nSPS) is 10.6. The number of nitrogens with zero attached hydrogens (tertiary/aromatic N) is 1. The second-order valence-corrected chi connectivity index (χ2v) is 5.18. The zero-order valence-corrected chi connectivity index (χ0v) is 12.0. The summed E-state index contributed by atoms with van der Waals surface area (Å²) in [6.07, 6.45) is 3.75. The van der Waals surface area contributed by atoms with E-state index in [-0.39, 0.29) is 11.4 Å². The molecule has 0 aliphatic carbocycles. The van der Waals surface area contributed by atoms with Gasteiger partial charge in [-0.3, -0.25) is 0 Å². The highest BCUT2D eigenvalue weighted by molar-refractivity contribution is 5.88. The third-order valence-corrected chi connectivity index (χ3v) is 3.48. The van der Waals surface area contributed by atoms with Crippen molar-refractivity contribution in [2.24, 2.45) is 0 Å². The molecule has 0 fully saturated rings. The van der Waals surface area contributed by atoms with Gasteiger partial charge in [0.15, 0.2) is 0 Å². The Morgan fingerprint density at radius 3 is 2.41 bits per heavy atom. The van der Waals surface area contributed by atoms with Crippen molar-refractivity contribution in [3.8, 4) is 16.8 Å². The highest BCUT2D eigenvalue weighted by Gasteiger charge is 2.06. The Morgan fingerprint density at radius 2 is 1.77 bits per heavy atom. The van der Waals surface area contributed by atoms with Crippen LogP contribution in [0.15, 0.2) is 60.9 Å². The van der Waals surface area contributed by atoms with Crippen molar-refractivity contribution in [1.29, 1.82) is 0 Å². The predicted molar refractivity (Wildman–Crippen MR) is 82.9 cm³/mol. The lowest BCUT2D eigenvalue weighted by Gasteiger charge is -2.05. The minimum atomic E-state index is -0.945. The maximum atomic E-state index is 13.5. The molecule has 0 saturated heterocycles. The lowest BCUT2D eigenvalue weighted by molar-refractivity contribution is 0.0697. The molecule has 2 aromatic carbocycles. The van der Waals surface area contributed by atoms with Gasteiger partial charge in [-0.15, -0.1) is 0 Å². The van der Waals surface area contributed by atoms with Crippen LogP contribution in [0, 0.1) is 12.7 Å². The van der Waals surface area contributed by atoms with Crippen molar-refractivity contribution in [2.75, 3.05) is 0 Å². The smallest absolute Gasteiger partial charge is 0.335 e. The third-order valence-electron chi connectivity index (χ3n) is 3.48. The van der Waals surface area contributed by atoms with Gasteiger partial charge in [0.25, 0.3) is 0 Å². The zero-order chi connectivity index (χ0) is 15.7. The molecular weight excluding hydrogens is 281 g/mol. The second kappa shape index (κ2) is 5.48. The highest BCUT2D eigenvalue weighted by Crippen LogP contribution is 2.23. The number of aryl methyl sites for hydroxylation is 1. The van der Waals surface area contributed by atoms with Gasteiger partial charge in [-0.1, -0.05) is 12.1 Å². The molecular formula is C18H14FNO2.